The molecule has 0 bridgehead atoms. The van der Waals surface area contributed by atoms with Crippen molar-refractivity contribution in [3.8, 4) is 5.75 Å². The molecule has 0 aliphatic carbocycles. The van der Waals surface area contributed by atoms with Gasteiger partial charge in [0.15, 0.2) is 0 Å². The second-order valence-electron chi connectivity index (χ2n) is 3.69. The quantitative estimate of drug-likeness (QED) is 0.437. The summed E-state index contributed by atoms with van der Waals surface area (Å²) in [7, 11) is 2.96. The summed E-state index contributed by atoms with van der Waals surface area (Å²) in [6, 6.07) is 5.31. The molecule has 1 aromatic rings. The van der Waals surface area contributed by atoms with Gasteiger partial charge in [-0.05, 0) is 30.2 Å². The van der Waals surface area contributed by atoms with Crippen LogP contribution >= 0.6 is 0 Å². The zero-order chi connectivity index (χ0) is 15.4. The van der Waals surface area contributed by atoms with E-state index in [0.29, 0.717) is 30.9 Å². The standard InChI is InChI=1S/C14H18O4.C2H6/c1-4-5-11-8-12(14(15)17-3)10-13(9-11)18-7-6-16-2;1-2/h4,8-10H,1,5-7H2,2-3H3;1-2H3. The number of rotatable bonds is 7. The number of hydrogen-bond acceptors (Lipinski definition) is 4. The number of carbonyl (C=O) groups is 1. The van der Waals surface area contributed by atoms with Gasteiger partial charge in [0.1, 0.15) is 12.4 Å². The summed E-state index contributed by atoms with van der Waals surface area (Å²) < 4.78 is 15.1. The van der Waals surface area contributed by atoms with E-state index in [0.717, 1.165) is 5.56 Å². The highest BCUT2D eigenvalue weighted by Gasteiger charge is 2.09. The zero-order valence-corrected chi connectivity index (χ0v) is 12.8. The summed E-state index contributed by atoms with van der Waals surface area (Å²) in [5.74, 6) is 0.254. The van der Waals surface area contributed by atoms with Crippen molar-refractivity contribution in [1.29, 1.82) is 0 Å². The van der Waals surface area contributed by atoms with Crippen molar-refractivity contribution in [2.75, 3.05) is 27.4 Å². The number of ether oxygens (including phenoxy) is 3. The summed E-state index contributed by atoms with van der Waals surface area (Å²) in [5.41, 5.74) is 1.43. The third kappa shape index (κ3) is 6.38. The highest BCUT2D eigenvalue weighted by atomic mass is 16.5. The van der Waals surface area contributed by atoms with Gasteiger partial charge in [0, 0.05) is 7.11 Å². The van der Waals surface area contributed by atoms with Crippen LogP contribution in [0.2, 0.25) is 0 Å². The first-order chi connectivity index (χ1) is 9.71. The van der Waals surface area contributed by atoms with Gasteiger partial charge in [-0.15, -0.1) is 6.58 Å². The molecule has 0 aromatic heterocycles. The lowest BCUT2D eigenvalue weighted by Crippen LogP contribution is -2.07. The van der Waals surface area contributed by atoms with E-state index in [1.54, 1.807) is 25.3 Å². The molecular weight excluding hydrogens is 256 g/mol. The largest absolute Gasteiger partial charge is 0.491 e. The summed E-state index contributed by atoms with van der Waals surface area (Å²) >= 11 is 0. The van der Waals surface area contributed by atoms with Gasteiger partial charge < -0.3 is 14.2 Å². The fourth-order valence-corrected chi connectivity index (χ4v) is 1.51. The molecule has 0 saturated heterocycles. The number of allylic oxidation sites excluding steroid dienone is 1. The molecule has 0 saturated carbocycles. The van der Waals surface area contributed by atoms with E-state index in [1.807, 2.05) is 19.9 Å². The van der Waals surface area contributed by atoms with Crippen LogP contribution in [0.25, 0.3) is 0 Å². The number of methoxy groups -OCH3 is 2. The average Bonchev–Trinajstić information content (AvgIpc) is 2.49. The van der Waals surface area contributed by atoms with Crippen LogP contribution in [0.3, 0.4) is 0 Å². The lowest BCUT2D eigenvalue weighted by molar-refractivity contribution is 0.0600. The van der Waals surface area contributed by atoms with Crippen LogP contribution in [0.15, 0.2) is 30.9 Å². The van der Waals surface area contributed by atoms with Crippen molar-refractivity contribution >= 4 is 5.97 Å². The van der Waals surface area contributed by atoms with Crippen molar-refractivity contribution in [3.05, 3.63) is 42.0 Å². The number of hydrogen-bond donors (Lipinski definition) is 0. The third-order valence-electron chi connectivity index (χ3n) is 2.32. The number of esters is 1. The fourth-order valence-electron chi connectivity index (χ4n) is 1.51. The maximum Gasteiger partial charge on any atom is 0.337 e. The van der Waals surface area contributed by atoms with Crippen LogP contribution in [-0.4, -0.2) is 33.4 Å². The van der Waals surface area contributed by atoms with Crippen LogP contribution in [0.4, 0.5) is 0 Å². The first-order valence-corrected chi connectivity index (χ1v) is 6.66. The number of benzene rings is 1. The Morgan fingerprint density at radius 1 is 1.20 bits per heavy atom. The van der Waals surface area contributed by atoms with Gasteiger partial charge in [0.2, 0.25) is 0 Å². The monoisotopic (exact) mass is 280 g/mol. The molecule has 0 unspecified atom stereocenters. The van der Waals surface area contributed by atoms with E-state index < -0.39 is 0 Å². The molecule has 0 heterocycles. The molecule has 0 atom stereocenters. The van der Waals surface area contributed by atoms with Gasteiger partial charge in [-0.25, -0.2) is 4.79 Å². The Morgan fingerprint density at radius 2 is 1.90 bits per heavy atom. The van der Waals surface area contributed by atoms with Crippen molar-refractivity contribution in [2.45, 2.75) is 20.3 Å². The molecule has 1 aromatic carbocycles. The first kappa shape index (κ1) is 18.2. The average molecular weight is 280 g/mol. The van der Waals surface area contributed by atoms with Crippen LogP contribution in [0.1, 0.15) is 29.8 Å². The molecular formula is C16H24O4. The van der Waals surface area contributed by atoms with Gasteiger partial charge >= 0.3 is 5.97 Å². The normalized spacial score (nSPS) is 9.20. The molecule has 0 amide bonds. The Morgan fingerprint density at radius 3 is 2.45 bits per heavy atom. The van der Waals surface area contributed by atoms with Crippen molar-refractivity contribution in [2.24, 2.45) is 0 Å². The van der Waals surface area contributed by atoms with E-state index in [1.165, 1.54) is 7.11 Å². The molecule has 0 aliphatic heterocycles. The molecule has 0 N–H and O–H groups in total. The van der Waals surface area contributed by atoms with Crippen LogP contribution in [0, 0.1) is 0 Å². The van der Waals surface area contributed by atoms with Crippen LogP contribution in [0.5, 0.6) is 5.75 Å². The first-order valence-electron chi connectivity index (χ1n) is 6.66. The van der Waals surface area contributed by atoms with E-state index in [-0.39, 0.29) is 5.97 Å². The van der Waals surface area contributed by atoms with Crippen LogP contribution in [-0.2, 0) is 15.9 Å². The maximum absolute atomic E-state index is 11.5. The Kier molecular flexibility index (Phi) is 10.1. The minimum atomic E-state index is -0.377. The van der Waals surface area contributed by atoms with E-state index in [2.05, 4.69) is 6.58 Å². The maximum atomic E-state index is 11.5. The summed E-state index contributed by atoms with van der Waals surface area (Å²) in [6.07, 6.45) is 2.45. The predicted molar refractivity (Wildman–Crippen MR) is 80.4 cm³/mol. The van der Waals surface area contributed by atoms with Crippen molar-refractivity contribution in [1.82, 2.24) is 0 Å². The third-order valence-corrected chi connectivity index (χ3v) is 2.32. The molecule has 1 rings (SSSR count). The van der Waals surface area contributed by atoms with Gasteiger partial charge in [-0.3, -0.25) is 0 Å². The molecule has 4 nitrogen and oxygen atoms in total. The summed E-state index contributed by atoms with van der Waals surface area (Å²) in [4.78, 5) is 11.5. The Balaban J connectivity index is 0.00000172. The second-order valence-corrected chi connectivity index (χ2v) is 3.69. The highest BCUT2D eigenvalue weighted by molar-refractivity contribution is 5.90. The van der Waals surface area contributed by atoms with Gasteiger partial charge in [0.25, 0.3) is 0 Å². The zero-order valence-electron chi connectivity index (χ0n) is 12.8. The summed E-state index contributed by atoms with van der Waals surface area (Å²) in [6.45, 7) is 8.62. The molecule has 20 heavy (non-hydrogen) atoms. The topological polar surface area (TPSA) is 44.8 Å². The van der Waals surface area contributed by atoms with Crippen LogP contribution < -0.4 is 4.74 Å². The Bertz CT molecular complexity index is 413. The lowest BCUT2D eigenvalue weighted by atomic mass is 10.1. The van der Waals surface area contributed by atoms with E-state index in [9.17, 15) is 4.79 Å². The van der Waals surface area contributed by atoms with Gasteiger partial charge in [-0.2, -0.15) is 0 Å². The minimum Gasteiger partial charge on any atom is -0.491 e. The molecule has 0 radical (unpaired) electrons. The minimum absolute atomic E-state index is 0.377. The summed E-state index contributed by atoms with van der Waals surface area (Å²) in [5, 5.41) is 0. The molecule has 4 heteroatoms. The smallest absolute Gasteiger partial charge is 0.337 e. The van der Waals surface area contributed by atoms with Crippen molar-refractivity contribution in [3.63, 3.8) is 0 Å². The predicted octanol–water partition coefficient (Wildman–Crippen LogP) is 3.25. The molecule has 0 spiro atoms. The molecule has 0 aliphatic rings. The lowest BCUT2D eigenvalue weighted by Gasteiger charge is -2.09. The Labute approximate surface area is 121 Å². The highest BCUT2D eigenvalue weighted by Crippen LogP contribution is 2.19. The van der Waals surface area contributed by atoms with Gasteiger partial charge in [0.05, 0.1) is 19.3 Å². The SMILES string of the molecule is C=CCc1cc(OCCOC)cc(C(=O)OC)c1.CC. The van der Waals surface area contributed by atoms with Gasteiger partial charge in [-0.1, -0.05) is 19.9 Å². The Hall–Kier alpha value is -1.81. The number of carbonyl (C=O) groups excluding carboxylic acids is 1. The molecule has 0 fully saturated rings. The molecule has 112 valence electrons. The van der Waals surface area contributed by atoms with E-state index >= 15 is 0 Å². The second kappa shape index (κ2) is 11.1. The van der Waals surface area contributed by atoms with E-state index in [4.69, 9.17) is 14.2 Å². The fraction of sp³-hybridized carbons (Fsp3) is 0.438. The van der Waals surface area contributed by atoms with Crippen molar-refractivity contribution < 1.29 is 19.0 Å².